The van der Waals surface area contributed by atoms with Crippen molar-refractivity contribution in [2.45, 2.75) is 31.8 Å². The molecule has 102 valence electrons. The number of nitrogens with one attached hydrogen (secondary N) is 1. The molecule has 7 heteroatoms. The Morgan fingerprint density at radius 3 is 2.72 bits per heavy atom. The van der Waals surface area contributed by atoms with Gasteiger partial charge in [0.1, 0.15) is 18.6 Å². The first-order chi connectivity index (χ1) is 8.53. The standard InChI is InChI=1S/C11H18N2O5/c1-7(5-14)4-13(11(17)12-2)10-3-8(16)9(6-15)18-10/h4-5,8-10,15-16H,3,6H2,1-2H3,(H,12,17)/b7-4-. The van der Waals surface area contributed by atoms with E-state index in [9.17, 15) is 14.7 Å². The van der Waals surface area contributed by atoms with E-state index in [2.05, 4.69) is 5.32 Å². The molecule has 7 nitrogen and oxygen atoms in total. The highest BCUT2D eigenvalue weighted by Gasteiger charge is 2.37. The topological polar surface area (TPSA) is 99.1 Å². The maximum Gasteiger partial charge on any atom is 0.323 e. The molecule has 0 aromatic heterocycles. The molecule has 0 saturated carbocycles. The van der Waals surface area contributed by atoms with Gasteiger partial charge in [0.25, 0.3) is 0 Å². The number of carbonyl (C=O) groups excluding carboxylic acids is 2. The number of rotatable bonds is 4. The Morgan fingerprint density at radius 2 is 2.28 bits per heavy atom. The van der Waals surface area contributed by atoms with Crippen LogP contribution in [0.5, 0.6) is 0 Å². The number of hydrogen-bond acceptors (Lipinski definition) is 5. The molecule has 1 saturated heterocycles. The van der Waals surface area contributed by atoms with Crippen molar-refractivity contribution in [1.82, 2.24) is 10.2 Å². The third-order valence-corrected chi connectivity index (χ3v) is 2.67. The second-order valence-corrected chi connectivity index (χ2v) is 4.07. The van der Waals surface area contributed by atoms with Crippen LogP contribution in [-0.4, -0.2) is 59.5 Å². The van der Waals surface area contributed by atoms with Gasteiger partial charge in [0.05, 0.1) is 12.7 Å². The van der Waals surface area contributed by atoms with E-state index in [0.717, 1.165) is 0 Å². The van der Waals surface area contributed by atoms with Gasteiger partial charge in [-0.2, -0.15) is 0 Å². The lowest BCUT2D eigenvalue weighted by Crippen LogP contribution is -2.42. The van der Waals surface area contributed by atoms with Gasteiger partial charge >= 0.3 is 6.03 Å². The average Bonchev–Trinajstić information content (AvgIpc) is 2.75. The van der Waals surface area contributed by atoms with Crippen molar-refractivity contribution in [1.29, 1.82) is 0 Å². The van der Waals surface area contributed by atoms with Gasteiger partial charge in [-0.1, -0.05) is 0 Å². The van der Waals surface area contributed by atoms with Crippen LogP contribution in [0.4, 0.5) is 4.79 Å². The molecule has 1 fully saturated rings. The fourth-order valence-corrected chi connectivity index (χ4v) is 1.70. The van der Waals surface area contributed by atoms with Crippen LogP contribution < -0.4 is 5.32 Å². The SMILES string of the molecule is CNC(=O)N(/C=C(/C)C=O)C1CC(O)C(CO)O1. The predicted octanol–water partition coefficient (Wildman–Crippen LogP) is -0.801. The summed E-state index contributed by atoms with van der Waals surface area (Å²) in [6, 6.07) is -0.452. The van der Waals surface area contributed by atoms with Crippen LogP contribution in [0.15, 0.2) is 11.8 Å². The summed E-state index contributed by atoms with van der Waals surface area (Å²) in [4.78, 5) is 23.5. The molecule has 1 heterocycles. The molecule has 0 radical (unpaired) electrons. The normalized spacial score (nSPS) is 28.0. The molecule has 2 amide bonds. The van der Waals surface area contributed by atoms with Gasteiger partial charge in [0.15, 0.2) is 0 Å². The molecule has 18 heavy (non-hydrogen) atoms. The Labute approximate surface area is 105 Å². The molecule has 0 aromatic carbocycles. The van der Waals surface area contributed by atoms with Gasteiger partial charge in [-0.25, -0.2) is 4.79 Å². The Morgan fingerprint density at radius 1 is 1.61 bits per heavy atom. The highest BCUT2D eigenvalue weighted by atomic mass is 16.5. The smallest absolute Gasteiger partial charge is 0.323 e. The summed E-state index contributed by atoms with van der Waals surface area (Å²) in [6.45, 7) is 1.23. The highest BCUT2D eigenvalue weighted by Crippen LogP contribution is 2.23. The highest BCUT2D eigenvalue weighted by molar-refractivity contribution is 5.78. The minimum Gasteiger partial charge on any atom is -0.394 e. The first-order valence-electron chi connectivity index (χ1n) is 5.61. The van der Waals surface area contributed by atoms with E-state index in [1.54, 1.807) is 6.92 Å². The number of allylic oxidation sites excluding steroid dienone is 1. The lowest BCUT2D eigenvalue weighted by Gasteiger charge is -2.25. The van der Waals surface area contributed by atoms with Crippen LogP contribution in [0, 0.1) is 0 Å². The Kier molecular flexibility index (Phi) is 5.26. The van der Waals surface area contributed by atoms with Gasteiger partial charge in [0, 0.05) is 25.2 Å². The first kappa shape index (κ1) is 14.6. The molecule has 3 unspecified atom stereocenters. The summed E-state index contributed by atoms with van der Waals surface area (Å²) in [7, 11) is 1.45. The lowest BCUT2D eigenvalue weighted by atomic mass is 10.2. The molecule has 1 rings (SSSR count). The summed E-state index contributed by atoms with van der Waals surface area (Å²) < 4.78 is 5.36. The molecule has 3 atom stereocenters. The van der Waals surface area contributed by atoms with Gasteiger partial charge in [-0.3, -0.25) is 9.69 Å². The Balaban J connectivity index is 2.85. The zero-order valence-corrected chi connectivity index (χ0v) is 10.4. The van der Waals surface area contributed by atoms with E-state index in [0.29, 0.717) is 11.9 Å². The molecular weight excluding hydrogens is 240 g/mol. The van der Waals surface area contributed by atoms with E-state index >= 15 is 0 Å². The monoisotopic (exact) mass is 258 g/mol. The average molecular weight is 258 g/mol. The predicted molar refractivity (Wildman–Crippen MR) is 62.5 cm³/mol. The number of aldehydes is 1. The van der Waals surface area contributed by atoms with Gasteiger partial charge in [0.2, 0.25) is 0 Å². The van der Waals surface area contributed by atoms with E-state index in [1.807, 2.05) is 0 Å². The molecule has 0 bridgehead atoms. The summed E-state index contributed by atoms with van der Waals surface area (Å²) in [5.74, 6) is 0. The van der Waals surface area contributed by atoms with Crippen molar-refractivity contribution in [2.24, 2.45) is 0 Å². The van der Waals surface area contributed by atoms with E-state index in [4.69, 9.17) is 9.84 Å². The molecular formula is C11H18N2O5. The number of hydrogen-bond donors (Lipinski definition) is 3. The lowest BCUT2D eigenvalue weighted by molar-refractivity contribution is -0.105. The molecule has 1 aliphatic rings. The van der Waals surface area contributed by atoms with Crippen molar-refractivity contribution in [2.75, 3.05) is 13.7 Å². The van der Waals surface area contributed by atoms with Crippen molar-refractivity contribution >= 4 is 12.3 Å². The number of nitrogens with zero attached hydrogens (tertiary/aromatic N) is 1. The fraction of sp³-hybridized carbons (Fsp3) is 0.636. The third kappa shape index (κ3) is 3.28. The van der Waals surface area contributed by atoms with Crippen molar-refractivity contribution in [3.05, 3.63) is 11.8 Å². The molecule has 0 aromatic rings. The summed E-state index contributed by atoms with van der Waals surface area (Å²) in [5.41, 5.74) is 0.351. The van der Waals surface area contributed by atoms with Crippen LogP contribution in [0.2, 0.25) is 0 Å². The molecule has 1 aliphatic heterocycles. The summed E-state index contributed by atoms with van der Waals surface area (Å²) in [5, 5.41) is 21.0. The number of carbonyl (C=O) groups is 2. The van der Waals surface area contributed by atoms with Crippen molar-refractivity contribution in [3.8, 4) is 0 Å². The van der Waals surface area contributed by atoms with Crippen LogP contribution in [0.3, 0.4) is 0 Å². The van der Waals surface area contributed by atoms with Crippen LogP contribution in [0.1, 0.15) is 13.3 Å². The largest absolute Gasteiger partial charge is 0.394 e. The van der Waals surface area contributed by atoms with Gasteiger partial charge < -0.3 is 20.3 Å². The maximum absolute atomic E-state index is 11.7. The Bertz CT molecular complexity index is 344. The fourth-order valence-electron chi connectivity index (χ4n) is 1.70. The van der Waals surface area contributed by atoms with Crippen LogP contribution in [0.25, 0.3) is 0 Å². The van der Waals surface area contributed by atoms with Crippen LogP contribution in [-0.2, 0) is 9.53 Å². The van der Waals surface area contributed by atoms with Gasteiger partial charge in [-0.15, -0.1) is 0 Å². The van der Waals surface area contributed by atoms with Gasteiger partial charge in [-0.05, 0) is 6.92 Å². The second-order valence-electron chi connectivity index (χ2n) is 4.07. The zero-order chi connectivity index (χ0) is 13.7. The molecule has 0 spiro atoms. The maximum atomic E-state index is 11.7. The minimum absolute atomic E-state index is 0.182. The number of aliphatic hydroxyl groups is 2. The minimum atomic E-state index is -0.836. The first-order valence-corrected chi connectivity index (χ1v) is 5.61. The van der Waals surface area contributed by atoms with E-state index < -0.39 is 24.5 Å². The Hall–Kier alpha value is -1.44. The van der Waals surface area contributed by atoms with Crippen LogP contribution >= 0.6 is 0 Å². The summed E-state index contributed by atoms with van der Waals surface area (Å²) in [6.07, 6.45) is -0.106. The molecule has 3 N–H and O–H groups in total. The van der Waals surface area contributed by atoms with Crippen molar-refractivity contribution in [3.63, 3.8) is 0 Å². The van der Waals surface area contributed by atoms with E-state index in [1.165, 1.54) is 18.1 Å². The number of urea groups is 1. The third-order valence-electron chi connectivity index (χ3n) is 2.67. The number of ether oxygens (including phenoxy) is 1. The number of aliphatic hydroxyl groups excluding tert-OH is 2. The molecule has 0 aliphatic carbocycles. The zero-order valence-electron chi connectivity index (χ0n) is 10.4. The number of amides is 2. The second kappa shape index (κ2) is 6.48. The van der Waals surface area contributed by atoms with E-state index in [-0.39, 0.29) is 13.0 Å². The summed E-state index contributed by atoms with van der Waals surface area (Å²) >= 11 is 0. The quantitative estimate of drug-likeness (QED) is 0.453. The van der Waals surface area contributed by atoms with Crippen molar-refractivity contribution < 1.29 is 24.5 Å².